The molecule has 0 aliphatic carbocycles. The van der Waals surface area contributed by atoms with E-state index in [-0.39, 0.29) is 5.97 Å². The minimum absolute atomic E-state index is 0.287. The molecule has 0 heterocycles. The molecule has 0 spiro atoms. The Morgan fingerprint density at radius 1 is 0.933 bits per heavy atom. The van der Waals surface area contributed by atoms with Gasteiger partial charge in [-0.25, -0.2) is 4.79 Å². The van der Waals surface area contributed by atoms with E-state index < -0.39 is 16.6 Å². The lowest BCUT2D eigenvalue weighted by molar-refractivity contribution is -0.129. The van der Waals surface area contributed by atoms with Crippen LogP contribution in [0.4, 0.5) is 0 Å². The molecule has 0 saturated carbocycles. The molecule has 0 N–H and O–H groups in total. The quantitative estimate of drug-likeness (QED) is 0.434. The molecule has 0 aromatic heterocycles. The molecule has 88 valence electrons. The molecule has 0 fully saturated rings. The van der Waals surface area contributed by atoms with E-state index in [1.165, 1.54) is 6.08 Å². The van der Waals surface area contributed by atoms with Crippen LogP contribution in [0.1, 0.15) is 6.92 Å². The zero-order valence-electron chi connectivity index (χ0n) is 10.8. The average Bonchev–Trinajstić information content (AvgIpc) is 1.73. The van der Waals surface area contributed by atoms with Crippen LogP contribution >= 0.6 is 0 Å². The first-order valence-corrected chi connectivity index (χ1v) is 11.9. The second-order valence-electron chi connectivity index (χ2n) is 5.50. The zero-order chi connectivity index (χ0) is 12.3. The third-order valence-corrected chi connectivity index (χ3v) is 2.94. The summed E-state index contributed by atoms with van der Waals surface area (Å²) in [5, 5.41) is 0. The number of carbonyl (C=O) groups excluding carboxylic acids is 1. The van der Waals surface area contributed by atoms with E-state index in [1.54, 1.807) is 6.92 Å². The molecule has 0 unspecified atom stereocenters. The molecular formula is C10H22O3Si2. The molecule has 0 aliphatic heterocycles. The average molecular weight is 246 g/mol. The van der Waals surface area contributed by atoms with E-state index in [0.717, 1.165) is 0 Å². The molecule has 0 atom stereocenters. The minimum Gasteiger partial charge on any atom is -0.547 e. The van der Waals surface area contributed by atoms with Gasteiger partial charge in [0.2, 0.25) is 16.6 Å². The Morgan fingerprint density at radius 3 is 1.67 bits per heavy atom. The first-order chi connectivity index (χ1) is 6.49. The lowest BCUT2D eigenvalue weighted by Gasteiger charge is -2.20. The maximum atomic E-state index is 11.4. The number of rotatable bonds is 4. The Kier molecular flexibility index (Phi) is 4.80. The predicted octanol–water partition coefficient (Wildman–Crippen LogP) is 3.12. The lowest BCUT2D eigenvalue weighted by Crippen LogP contribution is -2.29. The van der Waals surface area contributed by atoms with Crippen molar-refractivity contribution in [3.05, 3.63) is 11.8 Å². The molecule has 0 aromatic rings. The van der Waals surface area contributed by atoms with Crippen LogP contribution in [0.2, 0.25) is 39.3 Å². The van der Waals surface area contributed by atoms with Crippen LogP contribution in [0.25, 0.3) is 0 Å². The Bertz CT molecular complexity index is 259. The fourth-order valence-corrected chi connectivity index (χ4v) is 2.70. The molecule has 0 aliphatic rings. The first kappa shape index (κ1) is 14.4. The highest BCUT2D eigenvalue weighted by Gasteiger charge is 2.20. The summed E-state index contributed by atoms with van der Waals surface area (Å²) in [4.78, 5) is 11.4. The topological polar surface area (TPSA) is 35.5 Å². The summed E-state index contributed by atoms with van der Waals surface area (Å²) in [6.45, 7) is 14.0. The van der Waals surface area contributed by atoms with Crippen molar-refractivity contribution in [1.29, 1.82) is 0 Å². The number of hydrogen-bond acceptors (Lipinski definition) is 3. The molecule has 0 saturated heterocycles. The van der Waals surface area contributed by atoms with Crippen LogP contribution in [0.15, 0.2) is 11.8 Å². The van der Waals surface area contributed by atoms with Gasteiger partial charge in [-0.15, -0.1) is 0 Å². The zero-order valence-corrected chi connectivity index (χ0v) is 12.8. The molecule has 0 amide bonds. The summed E-state index contributed by atoms with van der Waals surface area (Å²) in [5.74, 6) is 0.363. The standard InChI is InChI=1S/C10H22O3Si2/c1-9(12-14(2,3)4)8-10(11)13-15(5,6)7/h8H,1-7H3/b9-8+. The van der Waals surface area contributed by atoms with E-state index in [0.29, 0.717) is 5.76 Å². The second kappa shape index (κ2) is 4.98. The third kappa shape index (κ3) is 9.74. The van der Waals surface area contributed by atoms with Gasteiger partial charge >= 0.3 is 5.97 Å². The lowest BCUT2D eigenvalue weighted by atomic mass is 10.5. The Hall–Kier alpha value is -0.556. The van der Waals surface area contributed by atoms with Crippen LogP contribution in [0.3, 0.4) is 0 Å². The number of hydrogen-bond donors (Lipinski definition) is 0. The summed E-state index contributed by atoms with van der Waals surface area (Å²) in [7, 11) is -3.39. The summed E-state index contributed by atoms with van der Waals surface area (Å²) >= 11 is 0. The van der Waals surface area contributed by atoms with Gasteiger partial charge in [0.25, 0.3) is 0 Å². The fourth-order valence-electron chi connectivity index (χ4n) is 1.01. The van der Waals surface area contributed by atoms with E-state index >= 15 is 0 Å². The summed E-state index contributed by atoms with van der Waals surface area (Å²) in [5.41, 5.74) is 0. The highest BCUT2D eigenvalue weighted by Crippen LogP contribution is 2.11. The number of carbonyl (C=O) groups is 1. The minimum atomic E-state index is -1.78. The van der Waals surface area contributed by atoms with Gasteiger partial charge < -0.3 is 8.85 Å². The van der Waals surface area contributed by atoms with Gasteiger partial charge in [-0.2, -0.15) is 0 Å². The SMILES string of the molecule is C/C(=C\C(=O)O[Si](C)(C)C)O[Si](C)(C)C. The van der Waals surface area contributed by atoms with E-state index in [9.17, 15) is 4.79 Å². The van der Waals surface area contributed by atoms with Crippen molar-refractivity contribution in [2.75, 3.05) is 0 Å². The smallest absolute Gasteiger partial charge is 0.320 e. The normalized spacial score (nSPS) is 13.7. The Labute approximate surface area is 94.7 Å². The summed E-state index contributed by atoms with van der Waals surface area (Å²) < 4.78 is 10.9. The van der Waals surface area contributed by atoms with Gasteiger partial charge in [-0.3, -0.25) is 0 Å². The predicted molar refractivity (Wildman–Crippen MR) is 67.6 cm³/mol. The van der Waals surface area contributed by atoms with Crippen molar-refractivity contribution >= 4 is 22.6 Å². The Balaban J connectivity index is 4.31. The van der Waals surface area contributed by atoms with Crippen LogP contribution < -0.4 is 0 Å². The second-order valence-corrected chi connectivity index (χ2v) is 14.4. The van der Waals surface area contributed by atoms with Crippen molar-refractivity contribution in [2.45, 2.75) is 46.2 Å². The molecular weight excluding hydrogens is 224 g/mol. The van der Waals surface area contributed by atoms with Crippen molar-refractivity contribution < 1.29 is 13.6 Å². The Morgan fingerprint density at radius 2 is 1.33 bits per heavy atom. The van der Waals surface area contributed by atoms with Gasteiger partial charge in [-0.05, 0) is 46.2 Å². The monoisotopic (exact) mass is 246 g/mol. The summed E-state index contributed by atoms with van der Waals surface area (Å²) in [6, 6.07) is 0. The summed E-state index contributed by atoms with van der Waals surface area (Å²) in [6.07, 6.45) is 1.44. The highest BCUT2D eigenvalue weighted by atomic mass is 28.4. The van der Waals surface area contributed by atoms with Gasteiger partial charge in [0.15, 0.2) is 0 Å². The van der Waals surface area contributed by atoms with Crippen molar-refractivity contribution in [3.8, 4) is 0 Å². The van der Waals surface area contributed by atoms with E-state index in [1.807, 2.05) is 19.6 Å². The third-order valence-electron chi connectivity index (χ3n) is 1.20. The van der Waals surface area contributed by atoms with Crippen molar-refractivity contribution in [3.63, 3.8) is 0 Å². The van der Waals surface area contributed by atoms with Crippen LogP contribution in [0, 0.1) is 0 Å². The van der Waals surface area contributed by atoms with Crippen molar-refractivity contribution in [2.24, 2.45) is 0 Å². The van der Waals surface area contributed by atoms with E-state index in [2.05, 4.69) is 19.6 Å². The fraction of sp³-hybridized carbons (Fsp3) is 0.700. The maximum absolute atomic E-state index is 11.4. The molecule has 0 radical (unpaired) electrons. The van der Waals surface area contributed by atoms with E-state index in [4.69, 9.17) is 8.85 Å². The highest BCUT2D eigenvalue weighted by molar-refractivity contribution is 6.71. The van der Waals surface area contributed by atoms with Gasteiger partial charge in [0.05, 0.1) is 11.8 Å². The largest absolute Gasteiger partial charge is 0.547 e. The molecule has 5 heteroatoms. The molecule has 15 heavy (non-hydrogen) atoms. The maximum Gasteiger partial charge on any atom is 0.320 e. The molecule has 3 nitrogen and oxygen atoms in total. The molecule has 0 bridgehead atoms. The van der Waals surface area contributed by atoms with Gasteiger partial charge in [0.1, 0.15) is 0 Å². The number of allylic oxidation sites excluding steroid dienone is 1. The van der Waals surface area contributed by atoms with Crippen LogP contribution in [0.5, 0.6) is 0 Å². The van der Waals surface area contributed by atoms with Crippen LogP contribution in [-0.2, 0) is 13.6 Å². The van der Waals surface area contributed by atoms with Gasteiger partial charge in [0, 0.05) is 0 Å². The van der Waals surface area contributed by atoms with Gasteiger partial charge in [-0.1, -0.05) is 0 Å². The molecule has 0 rings (SSSR count). The van der Waals surface area contributed by atoms with Crippen molar-refractivity contribution in [1.82, 2.24) is 0 Å². The first-order valence-electron chi connectivity index (χ1n) is 5.10. The molecule has 0 aromatic carbocycles. The van der Waals surface area contributed by atoms with Crippen LogP contribution in [-0.4, -0.2) is 22.6 Å².